The number of aliphatic imine (C=N–C) groups is 1. The lowest BCUT2D eigenvalue weighted by molar-refractivity contribution is -0.122. The van der Waals surface area contributed by atoms with Gasteiger partial charge in [-0.15, -0.1) is 0 Å². The van der Waals surface area contributed by atoms with Crippen LogP contribution in [0.2, 0.25) is 0 Å². The molecule has 4 rings (SSSR count). The SMILES string of the molecule is CCN1C(=O)C(=C2Sc3ccccc3N2CC)SC1=Nc1ccc(C)cc1O. The first-order valence-electron chi connectivity index (χ1n) is 9.20. The number of carbonyl (C=O) groups is 1. The Morgan fingerprint density at radius 2 is 1.79 bits per heavy atom. The summed E-state index contributed by atoms with van der Waals surface area (Å²) < 4.78 is 0. The molecule has 0 radical (unpaired) electrons. The Hall–Kier alpha value is -2.38. The van der Waals surface area contributed by atoms with E-state index in [4.69, 9.17) is 0 Å². The van der Waals surface area contributed by atoms with E-state index in [9.17, 15) is 9.90 Å². The van der Waals surface area contributed by atoms with Gasteiger partial charge in [0.05, 0.1) is 5.69 Å². The predicted octanol–water partition coefficient (Wildman–Crippen LogP) is 5.08. The van der Waals surface area contributed by atoms with E-state index in [0.717, 1.165) is 27.7 Å². The minimum absolute atomic E-state index is 0.0355. The zero-order chi connectivity index (χ0) is 19.8. The van der Waals surface area contributed by atoms with Gasteiger partial charge in [-0.25, -0.2) is 4.99 Å². The van der Waals surface area contributed by atoms with Crippen molar-refractivity contribution in [2.75, 3.05) is 18.0 Å². The molecule has 0 aromatic heterocycles. The first-order chi connectivity index (χ1) is 13.5. The smallest absolute Gasteiger partial charge is 0.269 e. The molecule has 144 valence electrons. The summed E-state index contributed by atoms with van der Waals surface area (Å²) in [5.41, 5.74) is 2.57. The number of rotatable bonds is 3. The van der Waals surface area contributed by atoms with Gasteiger partial charge in [-0.05, 0) is 62.4 Å². The summed E-state index contributed by atoms with van der Waals surface area (Å²) >= 11 is 3.01. The van der Waals surface area contributed by atoms with Crippen molar-refractivity contribution >= 4 is 46.0 Å². The lowest BCUT2D eigenvalue weighted by atomic mass is 10.2. The molecule has 1 N–H and O–H groups in total. The second-order valence-corrected chi connectivity index (χ2v) is 8.49. The van der Waals surface area contributed by atoms with E-state index in [1.807, 2.05) is 32.0 Å². The molecule has 0 unspecified atom stereocenters. The van der Waals surface area contributed by atoms with Gasteiger partial charge in [0.2, 0.25) is 0 Å². The van der Waals surface area contributed by atoms with Crippen molar-refractivity contribution in [2.24, 2.45) is 4.99 Å². The van der Waals surface area contributed by atoms with Crippen LogP contribution in [0.25, 0.3) is 0 Å². The molecule has 0 saturated carbocycles. The van der Waals surface area contributed by atoms with Crippen molar-refractivity contribution in [1.29, 1.82) is 0 Å². The van der Waals surface area contributed by atoms with Crippen LogP contribution in [0.15, 0.2) is 62.3 Å². The van der Waals surface area contributed by atoms with Crippen molar-refractivity contribution in [3.8, 4) is 5.75 Å². The molecule has 2 aliphatic heterocycles. The number of carbonyl (C=O) groups excluding carboxylic acids is 1. The van der Waals surface area contributed by atoms with Crippen molar-refractivity contribution in [2.45, 2.75) is 25.7 Å². The molecular weight excluding hydrogens is 390 g/mol. The number of para-hydroxylation sites is 1. The Kier molecular flexibility index (Phi) is 5.12. The maximum absolute atomic E-state index is 13.1. The number of amidine groups is 1. The summed E-state index contributed by atoms with van der Waals surface area (Å²) in [5, 5.41) is 11.8. The zero-order valence-corrected chi connectivity index (χ0v) is 17.6. The van der Waals surface area contributed by atoms with Crippen LogP contribution < -0.4 is 4.90 Å². The van der Waals surface area contributed by atoms with Crippen LogP contribution in [0.3, 0.4) is 0 Å². The minimum atomic E-state index is -0.0355. The molecule has 28 heavy (non-hydrogen) atoms. The lowest BCUT2D eigenvalue weighted by Crippen LogP contribution is -2.29. The van der Waals surface area contributed by atoms with E-state index in [1.165, 1.54) is 11.8 Å². The summed E-state index contributed by atoms with van der Waals surface area (Å²) in [5.74, 6) is 0.0853. The Morgan fingerprint density at radius 3 is 2.50 bits per heavy atom. The molecule has 0 spiro atoms. The summed E-state index contributed by atoms with van der Waals surface area (Å²) in [4.78, 5) is 23.4. The third kappa shape index (κ3) is 3.18. The van der Waals surface area contributed by atoms with Gasteiger partial charge in [0.15, 0.2) is 5.17 Å². The van der Waals surface area contributed by atoms with Crippen molar-refractivity contribution in [3.63, 3.8) is 0 Å². The molecule has 1 fully saturated rings. The van der Waals surface area contributed by atoms with Gasteiger partial charge in [0.25, 0.3) is 5.91 Å². The summed E-state index contributed by atoms with van der Waals surface area (Å²) in [6.07, 6.45) is 0. The number of phenolic OH excluding ortho intramolecular Hbond substituents is 1. The van der Waals surface area contributed by atoms with E-state index in [-0.39, 0.29) is 11.7 Å². The van der Waals surface area contributed by atoms with Crippen molar-refractivity contribution in [1.82, 2.24) is 4.90 Å². The topological polar surface area (TPSA) is 56.1 Å². The fourth-order valence-electron chi connectivity index (χ4n) is 3.25. The molecule has 2 heterocycles. The number of benzene rings is 2. The van der Waals surface area contributed by atoms with Crippen LogP contribution in [-0.4, -0.2) is 34.2 Å². The molecule has 0 atom stereocenters. The van der Waals surface area contributed by atoms with Gasteiger partial charge >= 0.3 is 0 Å². The highest BCUT2D eigenvalue weighted by atomic mass is 32.2. The minimum Gasteiger partial charge on any atom is -0.506 e. The van der Waals surface area contributed by atoms with Crippen LogP contribution in [0, 0.1) is 6.92 Å². The fourth-order valence-corrected chi connectivity index (χ4v) is 5.69. The second kappa shape index (κ2) is 7.56. The molecule has 2 aliphatic rings. The third-order valence-electron chi connectivity index (χ3n) is 4.65. The lowest BCUT2D eigenvalue weighted by Gasteiger charge is -2.19. The van der Waals surface area contributed by atoms with Crippen LogP contribution >= 0.6 is 23.5 Å². The van der Waals surface area contributed by atoms with Gasteiger partial charge in [0.1, 0.15) is 21.4 Å². The zero-order valence-electron chi connectivity index (χ0n) is 16.0. The second-order valence-electron chi connectivity index (χ2n) is 6.49. The average molecular weight is 412 g/mol. The fraction of sp³-hybridized carbons (Fsp3) is 0.238. The van der Waals surface area contributed by atoms with E-state index in [1.54, 1.807) is 28.8 Å². The highest BCUT2D eigenvalue weighted by Gasteiger charge is 2.39. The molecule has 2 aromatic carbocycles. The molecule has 0 aliphatic carbocycles. The summed E-state index contributed by atoms with van der Waals surface area (Å²) in [6.45, 7) is 7.25. The van der Waals surface area contributed by atoms with Gasteiger partial charge < -0.3 is 10.0 Å². The van der Waals surface area contributed by atoms with Crippen LogP contribution in [0.1, 0.15) is 19.4 Å². The molecule has 1 saturated heterocycles. The Bertz CT molecular complexity index is 1020. The van der Waals surface area contributed by atoms with Gasteiger partial charge in [-0.2, -0.15) is 0 Å². The third-order valence-corrected chi connectivity index (χ3v) is 7.02. The Morgan fingerprint density at radius 1 is 1.04 bits per heavy atom. The maximum Gasteiger partial charge on any atom is 0.269 e. The van der Waals surface area contributed by atoms with Crippen LogP contribution in [0.5, 0.6) is 5.75 Å². The number of amides is 1. The average Bonchev–Trinajstić information content (AvgIpc) is 3.20. The van der Waals surface area contributed by atoms with Gasteiger partial charge in [-0.1, -0.05) is 30.0 Å². The molecule has 5 nitrogen and oxygen atoms in total. The van der Waals surface area contributed by atoms with Crippen molar-refractivity contribution in [3.05, 3.63) is 58.0 Å². The maximum atomic E-state index is 13.1. The summed E-state index contributed by atoms with van der Waals surface area (Å²) in [6, 6.07) is 13.6. The van der Waals surface area contributed by atoms with Crippen LogP contribution in [-0.2, 0) is 4.79 Å². The largest absolute Gasteiger partial charge is 0.506 e. The number of anilines is 1. The first-order valence-corrected chi connectivity index (χ1v) is 10.8. The molecule has 0 bridgehead atoms. The molecule has 7 heteroatoms. The number of aryl methyl sites for hydroxylation is 1. The monoisotopic (exact) mass is 411 g/mol. The quantitative estimate of drug-likeness (QED) is 0.714. The number of nitrogens with zero attached hydrogens (tertiary/aromatic N) is 3. The molecule has 2 aromatic rings. The van der Waals surface area contributed by atoms with E-state index < -0.39 is 0 Å². The summed E-state index contributed by atoms with van der Waals surface area (Å²) in [7, 11) is 0. The Balaban J connectivity index is 1.76. The predicted molar refractivity (Wildman–Crippen MR) is 117 cm³/mol. The first kappa shape index (κ1) is 19.0. The highest BCUT2D eigenvalue weighted by molar-refractivity contribution is 8.19. The molecule has 1 amide bonds. The number of phenols is 1. The number of fused-ring (bicyclic) bond motifs is 1. The number of aromatic hydroxyl groups is 1. The van der Waals surface area contributed by atoms with E-state index in [2.05, 4.69) is 28.9 Å². The van der Waals surface area contributed by atoms with E-state index >= 15 is 0 Å². The molecular formula is C21H21N3O2S2. The number of thioether (sulfide) groups is 2. The van der Waals surface area contributed by atoms with E-state index in [0.29, 0.717) is 22.3 Å². The highest BCUT2D eigenvalue weighted by Crippen LogP contribution is 2.50. The standard InChI is InChI=1S/C21H21N3O2S2/c1-4-23-15-8-6-7-9-17(15)27-20(23)18-19(26)24(5-2)21(28-18)22-14-11-10-13(3)12-16(14)25/h6-12,25H,4-5H2,1-3H3. The van der Waals surface area contributed by atoms with Crippen molar-refractivity contribution < 1.29 is 9.90 Å². The number of hydrogen-bond acceptors (Lipinski definition) is 6. The van der Waals surface area contributed by atoms with Gasteiger partial charge in [-0.3, -0.25) is 9.69 Å². The number of hydrogen-bond donors (Lipinski definition) is 1. The van der Waals surface area contributed by atoms with Gasteiger partial charge in [0, 0.05) is 18.0 Å². The van der Waals surface area contributed by atoms with Crippen LogP contribution in [0.4, 0.5) is 11.4 Å². The normalized spacial score (nSPS) is 20.4. The Labute approximate surface area is 173 Å². The number of likely N-dealkylation sites (N-methyl/N-ethyl adjacent to an activating group) is 1.